The Kier molecular flexibility index (Phi) is 9.71. The second kappa shape index (κ2) is 9.42. The Morgan fingerprint density at radius 3 is 2.65 bits per heavy atom. The van der Waals surface area contributed by atoms with Gasteiger partial charge in [0.25, 0.3) is 5.56 Å². The van der Waals surface area contributed by atoms with E-state index in [1.54, 1.807) is 0 Å². The van der Waals surface area contributed by atoms with Crippen LogP contribution in [0.5, 0.6) is 0 Å². The third-order valence-electron chi connectivity index (χ3n) is 3.06. The van der Waals surface area contributed by atoms with Crippen molar-refractivity contribution in [3.05, 3.63) is 32.6 Å². The Bertz CT molecular complexity index is 686. The number of aliphatic hydroxyl groups is 1. The maximum atomic E-state index is 11.7. The molecule has 23 heavy (non-hydrogen) atoms. The second-order valence-electron chi connectivity index (χ2n) is 4.65. The molecule has 0 amide bonds. The summed E-state index contributed by atoms with van der Waals surface area (Å²) < 4.78 is 20.8. The second-order valence-corrected chi connectivity index (χ2v) is 5.81. The van der Waals surface area contributed by atoms with Crippen molar-refractivity contribution < 1.29 is 87.8 Å². The molecule has 2 rings (SSSR count). The molecule has 0 bridgehead atoms. The van der Waals surface area contributed by atoms with Crippen molar-refractivity contribution in [3.63, 3.8) is 0 Å². The number of H-pyrrole nitrogens is 1. The molecule has 1 aliphatic heterocycles. The average molecular weight is 366 g/mol. The van der Waals surface area contributed by atoms with Gasteiger partial charge in [0.2, 0.25) is 0 Å². The van der Waals surface area contributed by atoms with Crippen molar-refractivity contribution in [2.45, 2.75) is 31.8 Å². The van der Waals surface area contributed by atoms with E-state index in [9.17, 15) is 29.0 Å². The molecule has 1 aromatic rings. The van der Waals surface area contributed by atoms with Gasteiger partial charge in [0.05, 0.1) is 20.5 Å². The van der Waals surface area contributed by atoms with Gasteiger partial charge in [-0.15, -0.1) is 0 Å². The fourth-order valence-corrected chi connectivity index (χ4v) is 2.33. The van der Waals surface area contributed by atoms with Crippen LogP contribution in [-0.4, -0.2) is 33.5 Å². The fraction of sp³-hybridized carbons (Fsp3) is 0.600. The molecule has 2 N–H and O–H groups in total. The summed E-state index contributed by atoms with van der Waals surface area (Å²) in [5.74, 6) is 0. The molecule has 2 heterocycles. The van der Waals surface area contributed by atoms with Crippen molar-refractivity contribution in [3.8, 4) is 0 Å². The standard InChI is InChI=1S/C10H15N2O8P.2Na/c1-5-3-12(10(15)11-9(5)14)8-2-6(13)7(20-8)4-19-21(16,17)18;;/h3,6-8,13H,2,4H2,1H3,(H,11,14,15)(H2,16,17,18);;/q;2*+1/p-2/t6?,7?,8-;;/m1../s1. The average Bonchev–Trinajstić information content (AvgIpc) is 2.72. The van der Waals surface area contributed by atoms with Gasteiger partial charge in [-0.1, -0.05) is 0 Å². The van der Waals surface area contributed by atoms with E-state index in [4.69, 9.17) is 4.74 Å². The third kappa shape index (κ3) is 6.50. The first-order valence-electron chi connectivity index (χ1n) is 5.99. The number of hydrogen-bond donors (Lipinski definition) is 2. The molecule has 3 atom stereocenters. The third-order valence-corrected chi connectivity index (χ3v) is 3.52. The van der Waals surface area contributed by atoms with Crippen LogP contribution in [0.4, 0.5) is 0 Å². The Labute approximate surface area is 175 Å². The zero-order valence-electron chi connectivity index (χ0n) is 12.9. The van der Waals surface area contributed by atoms with Gasteiger partial charge < -0.3 is 28.7 Å². The minimum absolute atomic E-state index is 0. The normalized spacial score (nSPS) is 23.9. The summed E-state index contributed by atoms with van der Waals surface area (Å²) in [6.45, 7) is 0.852. The number of aryl methyl sites for hydroxylation is 1. The van der Waals surface area contributed by atoms with E-state index in [2.05, 4.69) is 9.51 Å². The van der Waals surface area contributed by atoms with Crippen molar-refractivity contribution in [1.82, 2.24) is 9.55 Å². The molecule has 13 heteroatoms. The summed E-state index contributed by atoms with van der Waals surface area (Å²) in [6, 6.07) is 0. The number of ether oxygens (including phenoxy) is 1. The van der Waals surface area contributed by atoms with Crippen LogP contribution in [0.2, 0.25) is 0 Å². The Balaban J connectivity index is 0.00000242. The monoisotopic (exact) mass is 366 g/mol. The molecular weight excluding hydrogens is 353 g/mol. The van der Waals surface area contributed by atoms with Gasteiger partial charge >= 0.3 is 64.8 Å². The minimum atomic E-state index is -5.17. The number of rotatable bonds is 4. The van der Waals surface area contributed by atoms with Crippen LogP contribution >= 0.6 is 7.82 Å². The maximum Gasteiger partial charge on any atom is 1.00 e. The van der Waals surface area contributed by atoms with Gasteiger partial charge in [-0.2, -0.15) is 0 Å². The molecule has 1 saturated heterocycles. The summed E-state index contributed by atoms with van der Waals surface area (Å²) in [7, 11) is -5.17. The molecular formula is C10H13N2Na2O8P. The van der Waals surface area contributed by atoms with Gasteiger partial charge in [0, 0.05) is 18.2 Å². The molecule has 10 nitrogen and oxygen atoms in total. The number of hydrogen-bond acceptors (Lipinski definition) is 8. The van der Waals surface area contributed by atoms with Crippen LogP contribution in [-0.2, 0) is 13.8 Å². The maximum absolute atomic E-state index is 11.7. The smallest absolute Gasteiger partial charge is 0.790 e. The summed E-state index contributed by atoms with van der Waals surface area (Å²) in [5.41, 5.74) is -0.980. The van der Waals surface area contributed by atoms with Gasteiger partial charge in [-0.25, -0.2) is 4.79 Å². The summed E-state index contributed by atoms with van der Waals surface area (Å²) >= 11 is 0. The van der Waals surface area contributed by atoms with E-state index in [0.29, 0.717) is 0 Å². The fourth-order valence-electron chi connectivity index (χ4n) is 2.00. The Morgan fingerprint density at radius 2 is 2.09 bits per heavy atom. The molecule has 0 aliphatic carbocycles. The predicted octanol–water partition coefficient (Wildman–Crippen LogP) is -8.65. The zero-order chi connectivity index (χ0) is 15.8. The number of aromatic amines is 1. The first kappa shape index (κ1) is 23.7. The van der Waals surface area contributed by atoms with Gasteiger partial charge in [-0.3, -0.25) is 14.3 Å². The van der Waals surface area contributed by atoms with E-state index in [0.717, 1.165) is 4.57 Å². The van der Waals surface area contributed by atoms with Crippen molar-refractivity contribution in [2.75, 3.05) is 6.61 Å². The molecule has 2 unspecified atom stereocenters. The van der Waals surface area contributed by atoms with Crippen molar-refractivity contribution in [1.29, 1.82) is 0 Å². The van der Waals surface area contributed by atoms with E-state index in [1.165, 1.54) is 13.1 Å². The molecule has 0 aromatic carbocycles. The minimum Gasteiger partial charge on any atom is -0.790 e. The number of nitrogens with zero attached hydrogens (tertiary/aromatic N) is 1. The molecule has 0 spiro atoms. The van der Waals surface area contributed by atoms with Crippen molar-refractivity contribution in [2.24, 2.45) is 0 Å². The first-order chi connectivity index (χ1) is 9.67. The SMILES string of the molecule is Cc1cn([C@H]2CC(O)C(COP(=O)([O-])[O-])O2)c(=O)[nH]c1=O.[Na+].[Na+]. The number of aliphatic hydroxyl groups excluding tert-OH is 1. The number of phosphoric acid groups is 1. The van der Waals surface area contributed by atoms with Crippen molar-refractivity contribution >= 4 is 7.82 Å². The molecule has 118 valence electrons. The molecule has 1 aromatic heterocycles. The Morgan fingerprint density at radius 1 is 1.48 bits per heavy atom. The quantitative estimate of drug-likeness (QED) is 0.393. The summed E-state index contributed by atoms with van der Waals surface area (Å²) in [5, 5.41) is 9.75. The topological polar surface area (TPSA) is 157 Å². The van der Waals surface area contributed by atoms with Crippen LogP contribution < -0.4 is 80.2 Å². The van der Waals surface area contributed by atoms with E-state index in [-0.39, 0.29) is 71.1 Å². The number of phosphoric ester groups is 1. The van der Waals surface area contributed by atoms with Crippen LogP contribution in [0.1, 0.15) is 18.2 Å². The van der Waals surface area contributed by atoms with Gasteiger partial charge in [0.1, 0.15) is 12.3 Å². The zero-order valence-corrected chi connectivity index (χ0v) is 17.8. The summed E-state index contributed by atoms with van der Waals surface area (Å²) in [6.07, 6.45) is -1.81. The molecule has 0 radical (unpaired) electrons. The number of aromatic nitrogens is 2. The first-order valence-corrected chi connectivity index (χ1v) is 7.45. The summed E-state index contributed by atoms with van der Waals surface area (Å²) in [4.78, 5) is 45.8. The van der Waals surface area contributed by atoms with E-state index < -0.39 is 44.1 Å². The van der Waals surface area contributed by atoms with E-state index >= 15 is 0 Å². The molecule has 0 saturated carbocycles. The van der Waals surface area contributed by atoms with Gasteiger partial charge in [-0.05, 0) is 6.92 Å². The molecule has 1 fully saturated rings. The van der Waals surface area contributed by atoms with Gasteiger partial charge in [0.15, 0.2) is 0 Å². The number of nitrogens with one attached hydrogen (secondary N) is 1. The Hall–Kier alpha value is 0.710. The van der Waals surface area contributed by atoms with Crippen LogP contribution in [0.25, 0.3) is 0 Å². The predicted molar refractivity (Wildman–Crippen MR) is 64.2 cm³/mol. The molecule has 1 aliphatic rings. The van der Waals surface area contributed by atoms with Crippen LogP contribution in [0.15, 0.2) is 15.8 Å². The largest absolute Gasteiger partial charge is 1.00 e. The van der Waals surface area contributed by atoms with Crippen LogP contribution in [0, 0.1) is 6.92 Å². The van der Waals surface area contributed by atoms with Crippen LogP contribution in [0.3, 0.4) is 0 Å². The van der Waals surface area contributed by atoms with E-state index in [1.807, 2.05) is 0 Å².